The first-order valence-corrected chi connectivity index (χ1v) is 12.9. The number of aryl methyl sites for hydroxylation is 2. The summed E-state index contributed by atoms with van der Waals surface area (Å²) in [5.41, 5.74) is 6.89. The van der Waals surface area contributed by atoms with Gasteiger partial charge in [-0.1, -0.05) is 41.6 Å². The number of carbonyl (C=O) groups excluding carboxylic acids is 1. The number of benzene rings is 2. The number of anilines is 1. The number of nitrogens with zero attached hydrogens (tertiary/aromatic N) is 3. The maximum Gasteiger partial charge on any atom is 0.322 e. The van der Waals surface area contributed by atoms with Crippen LogP contribution in [0.3, 0.4) is 0 Å². The van der Waals surface area contributed by atoms with Gasteiger partial charge in [-0.25, -0.2) is 0 Å². The van der Waals surface area contributed by atoms with Crippen LogP contribution >= 0.6 is 0 Å². The van der Waals surface area contributed by atoms with Crippen molar-refractivity contribution in [3.05, 3.63) is 94.8 Å². The third-order valence-corrected chi connectivity index (χ3v) is 7.25. The molecule has 2 aromatic carbocycles. The Morgan fingerprint density at radius 1 is 1.08 bits per heavy atom. The minimum atomic E-state index is -1.03. The average Bonchev–Trinajstić information content (AvgIpc) is 2.93. The molecule has 1 aliphatic rings. The van der Waals surface area contributed by atoms with E-state index in [9.17, 15) is 14.8 Å². The molecular weight excluding hydrogens is 480 g/mol. The quantitative estimate of drug-likeness (QED) is 0.220. The van der Waals surface area contributed by atoms with Gasteiger partial charge in [0, 0.05) is 54.5 Å². The van der Waals surface area contributed by atoms with Gasteiger partial charge in [0.25, 0.3) is 0 Å². The average molecular weight is 515 g/mol. The number of pyridine rings is 1. The highest BCUT2D eigenvalue weighted by atomic mass is 16.4. The van der Waals surface area contributed by atoms with E-state index in [0.29, 0.717) is 25.0 Å². The summed E-state index contributed by atoms with van der Waals surface area (Å²) in [7, 11) is 0. The number of oxime groups is 1. The Hall–Kier alpha value is -4.20. The van der Waals surface area contributed by atoms with Gasteiger partial charge in [0.05, 0.1) is 5.71 Å². The van der Waals surface area contributed by atoms with Crippen LogP contribution in [0.1, 0.15) is 53.1 Å². The Balaban J connectivity index is 1.51. The number of hydrogen-bond acceptors (Lipinski definition) is 6. The lowest BCUT2D eigenvalue weighted by atomic mass is 9.83. The highest BCUT2D eigenvalue weighted by molar-refractivity contribution is 6.01. The molecule has 1 atom stereocenters. The van der Waals surface area contributed by atoms with Gasteiger partial charge in [-0.2, -0.15) is 0 Å². The molecular formula is C30H34N4O4. The van der Waals surface area contributed by atoms with Gasteiger partial charge in [0.15, 0.2) is 0 Å². The maximum atomic E-state index is 12.2. The molecule has 1 unspecified atom stereocenters. The first-order chi connectivity index (χ1) is 18.4. The summed E-state index contributed by atoms with van der Waals surface area (Å²) in [6.07, 6.45) is 3.62. The van der Waals surface area contributed by atoms with Crippen LogP contribution in [0.15, 0.2) is 72.0 Å². The normalized spacial score (nSPS) is 15.2. The zero-order valence-corrected chi connectivity index (χ0v) is 21.8. The zero-order chi connectivity index (χ0) is 27.1. The molecule has 1 aromatic heterocycles. The number of carboxylic acid groups (broad SMARTS) is 1. The third kappa shape index (κ3) is 6.56. The molecule has 1 amide bonds. The molecule has 8 nitrogen and oxygen atoms in total. The van der Waals surface area contributed by atoms with E-state index in [2.05, 4.69) is 63.7 Å². The Kier molecular flexibility index (Phi) is 8.73. The number of aliphatic carboxylic acids is 1. The molecule has 0 radical (unpaired) electrons. The third-order valence-electron chi connectivity index (χ3n) is 7.25. The summed E-state index contributed by atoms with van der Waals surface area (Å²) in [5.74, 6) is -1.39. The number of carboxylic acids is 1. The minimum Gasteiger partial charge on any atom is -0.480 e. The molecule has 1 saturated heterocycles. The van der Waals surface area contributed by atoms with Gasteiger partial charge >= 0.3 is 5.97 Å². The minimum absolute atomic E-state index is 0.00621. The number of piperidine rings is 1. The fourth-order valence-electron chi connectivity index (χ4n) is 5.14. The molecule has 3 N–H and O–H groups in total. The standard InChI is InChI=1S/C30H34N4O4/c1-20-5-3-4-6-26(20)27(18-28(33-38)24-11-14-31-21(2)17-24)22-7-9-25(10-8-22)34-15-12-23(13-16-34)30(37)32-19-29(35)36/h3-11,14,17,23,27,38H,12-13,15-16,18-19H2,1-2H3,(H,32,37)(H,35,36)/b33-28-. The van der Waals surface area contributed by atoms with Crippen LogP contribution in [0.2, 0.25) is 0 Å². The number of nitrogens with one attached hydrogen (secondary N) is 1. The summed E-state index contributed by atoms with van der Waals surface area (Å²) in [4.78, 5) is 29.5. The second kappa shape index (κ2) is 12.4. The largest absolute Gasteiger partial charge is 0.480 e. The predicted molar refractivity (Wildman–Crippen MR) is 147 cm³/mol. The van der Waals surface area contributed by atoms with Crippen LogP contribution < -0.4 is 10.2 Å². The SMILES string of the molecule is Cc1cc(/C(CC(c2ccc(N3CCC(C(=O)NCC(=O)O)CC3)cc2)c2ccccc2C)=N\O)ccn1. The van der Waals surface area contributed by atoms with Crippen molar-refractivity contribution in [2.75, 3.05) is 24.5 Å². The van der Waals surface area contributed by atoms with E-state index < -0.39 is 5.97 Å². The number of aromatic nitrogens is 1. The van der Waals surface area contributed by atoms with E-state index in [1.54, 1.807) is 6.20 Å². The summed E-state index contributed by atoms with van der Waals surface area (Å²) in [5, 5.41) is 24.9. The van der Waals surface area contributed by atoms with Gasteiger partial charge in [0.2, 0.25) is 5.91 Å². The summed E-state index contributed by atoms with van der Waals surface area (Å²) >= 11 is 0. The number of amides is 1. The van der Waals surface area contributed by atoms with E-state index >= 15 is 0 Å². The number of rotatable bonds is 9. The Bertz CT molecular complexity index is 1300. The van der Waals surface area contributed by atoms with Gasteiger partial charge in [-0.15, -0.1) is 0 Å². The molecule has 0 aliphatic carbocycles. The van der Waals surface area contributed by atoms with Crippen LogP contribution in [0.5, 0.6) is 0 Å². The van der Waals surface area contributed by atoms with Gasteiger partial charge in [-0.3, -0.25) is 14.6 Å². The molecule has 2 heterocycles. The Morgan fingerprint density at radius 3 is 2.42 bits per heavy atom. The first kappa shape index (κ1) is 26.9. The lowest BCUT2D eigenvalue weighted by Crippen LogP contribution is -2.41. The van der Waals surface area contributed by atoms with Crippen LogP contribution in [0, 0.1) is 19.8 Å². The van der Waals surface area contributed by atoms with Crippen molar-refractivity contribution in [3.63, 3.8) is 0 Å². The molecule has 4 rings (SSSR count). The molecule has 198 valence electrons. The maximum absolute atomic E-state index is 12.2. The van der Waals surface area contributed by atoms with E-state index in [1.165, 1.54) is 11.1 Å². The van der Waals surface area contributed by atoms with Crippen molar-refractivity contribution >= 4 is 23.3 Å². The first-order valence-electron chi connectivity index (χ1n) is 12.9. The molecule has 0 spiro atoms. The fourth-order valence-corrected chi connectivity index (χ4v) is 5.14. The molecule has 1 aliphatic heterocycles. The van der Waals surface area contributed by atoms with Crippen molar-refractivity contribution in [1.82, 2.24) is 10.3 Å². The van der Waals surface area contributed by atoms with Crippen molar-refractivity contribution in [3.8, 4) is 0 Å². The van der Waals surface area contributed by atoms with Crippen molar-refractivity contribution in [1.29, 1.82) is 0 Å². The number of hydrogen-bond donors (Lipinski definition) is 3. The highest BCUT2D eigenvalue weighted by Crippen LogP contribution is 2.33. The van der Waals surface area contributed by atoms with E-state index in [1.807, 2.05) is 31.2 Å². The zero-order valence-electron chi connectivity index (χ0n) is 21.8. The second-order valence-electron chi connectivity index (χ2n) is 9.81. The molecule has 0 saturated carbocycles. The van der Waals surface area contributed by atoms with Gasteiger partial charge in [0.1, 0.15) is 6.54 Å². The van der Waals surface area contributed by atoms with E-state index in [4.69, 9.17) is 5.11 Å². The van der Waals surface area contributed by atoms with Crippen LogP contribution in [-0.4, -0.2) is 52.5 Å². The van der Waals surface area contributed by atoms with Crippen LogP contribution in [-0.2, 0) is 9.59 Å². The van der Waals surface area contributed by atoms with Crippen molar-refractivity contribution in [2.45, 2.75) is 39.0 Å². The fraction of sp³-hybridized carbons (Fsp3) is 0.333. The molecule has 38 heavy (non-hydrogen) atoms. The Labute approximate surface area is 223 Å². The van der Waals surface area contributed by atoms with Gasteiger partial charge < -0.3 is 20.5 Å². The van der Waals surface area contributed by atoms with Crippen LogP contribution in [0.25, 0.3) is 0 Å². The van der Waals surface area contributed by atoms with E-state index in [-0.39, 0.29) is 24.3 Å². The van der Waals surface area contributed by atoms with Gasteiger partial charge in [-0.05, 0) is 67.6 Å². The number of carbonyl (C=O) groups is 2. The monoisotopic (exact) mass is 514 g/mol. The second-order valence-corrected chi connectivity index (χ2v) is 9.81. The Morgan fingerprint density at radius 2 is 1.79 bits per heavy atom. The van der Waals surface area contributed by atoms with E-state index in [0.717, 1.165) is 35.6 Å². The van der Waals surface area contributed by atoms with Crippen molar-refractivity contribution < 1.29 is 19.9 Å². The molecule has 3 aromatic rings. The van der Waals surface area contributed by atoms with Crippen molar-refractivity contribution in [2.24, 2.45) is 11.1 Å². The summed E-state index contributed by atoms with van der Waals surface area (Å²) in [6, 6.07) is 20.6. The topological polar surface area (TPSA) is 115 Å². The highest BCUT2D eigenvalue weighted by Gasteiger charge is 2.26. The smallest absolute Gasteiger partial charge is 0.322 e. The lowest BCUT2D eigenvalue weighted by Gasteiger charge is -2.33. The molecule has 1 fully saturated rings. The summed E-state index contributed by atoms with van der Waals surface area (Å²) in [6.45, 7) is 5.13. The lowest BCUT2D eigenvalue weighted by molar-refractivity contribution is -0.138. The summed E-state index contributed by atoms with van der Waals surface area (Å²) < 4.78 is 0. The predicted octanol–water partition coefficient (Wildman–Crippen LogP) is 4.52. The molecule has 8 heteroatoms. The molecule has 0 bridgehead atoms. The van der Waals surface area contributed by atoms with Crippen LogP contribution in [0.4, 0.5) is 5.69 Å².